The van der Waals surface area contributed by atoms with Crippen LogP contribution in [0, 0.1) is 0 Å². The van der Waals surface area contributed by atoms with Crippen LogP contribution < -0.4 is 10.7 Å². The number of fused-ring (bicyclic) bond motifs is 1. The van der Waals surface area contributed by atoms with Crippen LogP contribution in [0.4, 0.5) is 5.69 Å². The fraction of sp³-hybridized carbons (Fsp3) is 0.118. The number of hydrogen-bond donors (Lipinski definition) is 2. The van der Waals surface area contributed by atoms with Crippen molar-refractivity contribution in [3.05, 3.63) is 72.1 Å². The molecule has 0 spiro atoms. The van der Waals surface area contributed by atoms with Crippen LogP contribution in [0.2, 0.25) is 0 Å². The number of carbonyl (C=O) groups is 2. The maximum atomic E-state index is 12.7. The molecule has 1 atom stereocenters. The molecule has 0 bridgehead atoms. The maximum Gasteiger partial charge on any atom is 0.276 e. The van der Waals surface area contributed by atoms with E-state index in [1.54, 1.807) is 30.3 Å². The number of anilines is 1. The fourth-order valence-corrected chi connectivity index (χ4v) is 2.39. The molecule has 1 aliphatic rings. The number of nitrogens with zero attached hydrogens (tertiary/aromatic N) is 2. The number of amides is 2. The number of hydrogen-bond acceptors (Lipinski definition) is 4. The number of allylic oxidation sites excluding steroid dienone is 1. The van der Waals surface area contributed by atoms with Crippen molar-refractivity contribution in [2.45, 2.75) is 13.1 Å². The molecule has 2 heterocycles. The summed E-state index contributed by atoms with van der Waals surface area (Å²) in [6.07, 6.45) is 6.24. The van der Waals surface area contributed by atoms with Gasteiger partial charge in [0.05, 0.1) is 5.56 Å². The molecule has 2 aromatic rings. The normalized spacial score (nSPS) is 16.8. The Bertz CT molecular complexity index is 758. The molecule has 6 heteroatoms. The third-order valence-electron chi connectivity index (χ3n) is 3.50. The monoisotopic (exact) mass is 308 g/mol. The average molecular weight is 308 g/mol. The molecule has 0 fully saturated rings. The number of aromatic nitrogens is 1. The highest BCUT2D eigenvalue weighted by Crippen LogP contribution is 2.24. The maximum absolute atomic E-state index is 12.7. The van der Waals surface area contributed by atoms with Gasteiger partial charge in [0.2, 0.25) is 0 Å². The Morgan fingerprint density at radius 1 is 1.26 bits per heavy atom. The van der Waals surface area contributed by atoms with Gasteiger partial charge in [-0.1, -0.05) is 18.2 Å². The lowest BCUT2D eigenvalue weighted by Crippen LogP contribution is -2.56. The van der Waals surface area contributed by atoms with Gasteiger partial charge in [0, 0.05) is 23.6 Å². The van der Waals surface area contributed by atoms with Crippen LogP contribution in [0.15, 0.2) is 60.9 Å². The van der Waals surface area contributed by atoms with Crippen molar-refractivity contribution in [1.82, 2.24) is 15.4 Å². The van der Waals surface area contributed by atoms with Crippen LogP contribution in [0.5, 0.6) is 0 Å². The number of carbonyl (C=O) groups excluding carboxylic acids is 2. The Balaban J connectivity index is 1.90. The molecule has 116 valence electrons. The number of hydrazine groups is 1. The van der Waals surface area contributed by atoms with Crippen molar-refractivity contribution in [2.24, 2.45) is 0 Å². The van der Waals surface area contributed by atoms with Crippen LogP contribution in [0.3, 0.4) is 0 Å². The van der Waals surface area contributed by atoms with Gasteiger partial charge in [-0.25, -0.2) is 5.01 Å². The Hall–Kier alpha value is -3.15. The molecule has 6 nitrogen and oxygen atoms in total. The molecule has 1 aromatic heterocycles. The number of benzene rings is 1. The first-order valence-corrected chi connectivity index (χ1v) is 7.23. The largest absolute Gasteiger partial charge is 0.360 e. The van der Waals surface area contributed by atoms with Crippen molar-refractivity contribution < 1.29 is 9.59 Å². The molecule has 1 unspecified atom stereocenters. The van der Waals surface area contributed by atoms with Gasteiger partial charge in [0.1, 0.15) is 6.17 Å². The minimum atomic E-state index is -0.451. The van der Waals surface area contributed by atoms with E-state index in [1.165, 1.54) is 17.4 Å². The van der Waals surface area contributed by atoms with Crippen LogP contribution >= 0.6 is 0 Å². The number of rotatable bonds is 3. The number of pyridine rings is 1. The van der Waals surface area contributed by atoms with Gasteiger partial charge in [0.25, 0.3) is 11.8 Å². The first-order chi connectivity index (χ1) is 11.2. The lowest BCUT2D eigenvalue weighted by atomic mass is 10.1. The third-order valence-corrected chi connectivity index (χ3v) is 3.50. The average Bonchev–Trinajstić information content (AvgIpc) is 2.59. The van der Waals surface area contributed by atoms with Crippen LogP contribution in [-0.2, 0) is 0 Å². The standard InChI is InChI=1S/C17H16N4O2/c1-2-5-15-19-14-7-4-3-6-13(14)17(23)21(15)20-16(22)12-8-10-18-11-9-12/h2-11,15,19H,1H3,(H,20,22)/b5-2+. The summed E-state index contributed by atoms with van der Waals surface area (Å²) in [5.41, 5.74) is 4.36. The van der Waals surface area contributed by atoms with E-state index in [9.17, 15) is 9.59 Å². The van der Waals surface area contributed by atoms with E-state index in [-0.39, 0.29) is 11.8 Å². The zero-order valence-corrected chi connectivity index (χ0v) is 12.6. The molecule has 3 rings (SSSR count). The smallest absolute Gasteiger partial charge is 0.276 e. The molecular formula is C17H16N4O2. The van der Waals surface area contributed by atoms with Crippen LogP contribution in [-0.4, -0.2) is 28.0 Å². The zero-order chi connectivity index (χ0) is 16.2. The Labute approximate surface area is 133 Å². The van der Waals surface area contributed by atoms with Gasteiger partial charge in [-0.2, -0.15) is 0 Å². The summed E-state index contributed by atoms with van der Waals surface area (Å²) in [6, 6.07) is 10.4. The van der Waals surface area contributed by atoms with Gasteiger partial charge < -0.3 is 5.32 Å². The van der Waals surface area contributed by atoms with E-state index >= 15 is 0 Å². The van der Waals surface area contributed by atoms with Crippen molar-refractivity contribution in [3.63, 3.8) is 0 Å². The Morgan fingerprint density at radius 3 is 2.74 bits per heavy atom. The first-order valence-electron chi connectivity index (χ1n) is 7.23. The summed E-state index contributed by atoms with van der Waals surface area (Å²) in [5, 5.41) is 4.52. The van der Waals surface area contributed by atoms with Crippen molar-refractivity contribution in [2.75, 3.05) is 5.32 Å². The van der Waals surface area contributed by atoms with Crippen molar-refractivity contribution in [1.29, 1.82) is 0 Å². The lowest BCUT2D eigenvalue weighted by Gasteiger charge is -2.36. The molecule has 0 radical (unpaired) electrons. The third kappa shape index (κ3) is 2.91. The zero-order valence-electron chi connectivity index (χ0n) is 12.6. The quantitative estimate of drug-likeness (QED) is 0.853. The summed E-state index contributed by atoms with van der Waals surface area (Å²) >= 11 is 0. The predicted octanol–water partition coefficient (Wildman–Crippen LogP) is 2.20. The second kappa shape index (κ2) is 6.31. The summed E-state index contributed by atoms with van der Waals surface area (Å²) < 4.78 is 0. The van der Waals surface area contributed by atoms with E-state index in [4.69, 9.17) is 0 Å². The summed E-state index contributed by atoms with van der Waals surface area (Å²) in [6.45, 7) is 1.86. The molecule has 2 amide bonds. The van der Waals surface area contributed by atoms with E-state index in [1.807, 2.05) is 25.1 Å². The highest BCUT2D eigenvalue weighted by atomic mass is 16.2. The van der Waals surface area contributed by atoms with E-state index in [2.05, 4.69) is 15.7 Å². The van der Waals surface area contributed by atoms with Crippen LogP contribution in [0.1, 0.15) is 27.6 Å². The minimum Gasteiger partial charge on any atom is -0.360 e. The van der Waals surface area contributed by atoms with Gasteiger partial charge >= 0.3 is 0 Å². The fourth-order valence-electron chi connectivity index (χ4n) is 2.39. The summed E-state index contributed by atoms with van der Waals surface area (Å²) in [4.78, 5) is 28.9. The summed E-state index contributed by atoms with van der Waals surface area (Å²) in [7, 11) is 0. The highest BCUT2D eigenvalue weighted by Gasteiger charge is 2.31. The SMILES string of the molecule is C/C=C/C1Nc2ccccc2C(=O)N1NC(=O)c1ccncc1. The highest BCUT2D eigenvalue weighted by molar-refractivity contribution is 6.04. The first kappa shape index (κ1) is 14.8. The summed E-state index contributed by atoms with van der Waals surface area (Å²) in [5.74, 6) is -0.624. The molecule has 0 aliphatic carbocycles. The lowest BCUT2D eigenvalue weighted by molar-refractivity contribution is 0.0535. The van der Waals surface area contributed by atoms with E-state index in [0.717, 1.165) is 5.69 Å². The van der Waals surface area contributed by atoms with E-state index < -0.39 is 6.17 Å². The van der Waals surface area contributed by atoms with Crippen LogP contribution in [0.25, 0.3) is 0 Å². The molecule has 23 heavy (non-hydrogen) atoms. The minimum absolute atomic E-state index is 0.259. The molecule has 1 aliphatic heterocycles. The van der Waals surface area contributed by atoms with Gasteiger partial charge in [0.15, 0.2) is 0 Å². The molecule has 1 aromatic carbocycles. The van der Waals surface area contributed by atoms with Crippen molar-refractivity contribution >= 4 is 17.5 Å². The van der Waals surface area contributed by atoms with Gasteiger partial charge in [-0.05, 0) is 37.3 Å². The second-order valence-electron chi connectivity index (χ2n) is 5.01. The van der Waals surface area contributed by atoms with Gasteiger partial charge in [-0.15, -0.1) is 0 Å². The molecular weight excluding hydrogens is 292 g/mol. The Morgan fingerprint density at radius 2 is 2.00 bits per heavy atom. The molecule has 0 saturated heterocycles. The van der Waals surface area contributed by atoms with Gasteiger partial charge in [-0.3, -0.25) is 20.0 Å². The van der Waals surface area contributed by atoms with Crippen molar-refractivity contribution in [3.8, 4) is 0 Å². The number of para-hydroxylation sites is 1. The molecule has 0 saturated carbocycles. The second-order valence-corrected chi connectivity index (χ2v) is 5.01. The number of nitrogens with one attached hydrogen (secondary N) is 2. The van der Waals surface area contributed by atoms with E-state index in [0.29, 0.717) is 11.1 Å². The topological polar surface area (TPSA) is 74.3 Å². The molecule has 2 N–H and O–H groups in total. The predicted molar refractivity (Wildman–Crippen MR) is 86.5 cm³/mol. The Kier molecular flexibility index (Phi) is 4.05.